The van der Waals surface area contributed by atoms with Crippen LogP contribution in [-0.2, 0) is 11.0 Å². The quantitative estimate of drug-likeness (QED) is 0.717. The van der Waals surface area contributed by atoms with E-state index in [4.69, 9.17) is 4.74 Å². The second-order valence-corrected chi connectivity index (χ2v) is 5.12. The molecule has 0 amide bonds. The fraction of sp³-hybridized carbons (Fsp3) is 0.455. The Morgan fingerprint density at radius 1 is 1.60 bits per heavy atom. The molecule has 1 aromatic rings. The molecular weight excluding hydrogens is 211 g/mol. The minimum absolute atomic E-state index is 0.149. The van der Waals surface area contributed by atoms with Gasteiger partial charge in [0.05, 0.1) is 0 Å². The van der Waals surface area contributed by atoms with Crippen molar-refractivity contribution in [2.45, 2.75) is 25.9 Å². The molecule has 2 atom stereocenters. The van der Waals surface area contributed by atoms with E-state index in [0.717, 1.165) is 18.6 Å². The van der Waals surface area contributed by atoms with Gasteiger partial charge in [0, 0.05) is 14.2 Å². The first kappa shape index (κ1) is 10.7. The average Bonchev–Trinajstić information content (AvgIpc) is 2.17. The summed E-state index contributed by atoms with van der Waals surface area (Å²) in [6.07, 6.45) is 1.73. The molecule has 0 bridgehead atoms. The Morgan fingerprint density at radius 3 is 3.13 bits per heavy atom. The highest BCUT2D eigenvalue weighted by atomic mass is 31.1. The lowest BCUT2D eigenvalue weighted by Crippen LogP contribution is -2.26. The van der Waals surface area contributed by atoms with Crippen LogP contribution in [-0.4, -0.2) is 12.3 Å². The van der Waals surface area contributed by atoms with Crippen LogP contribution < -0.4 is 9.63 Å². The van der Waals surface area contributed by atoms with E-state index in [9.17, 15) is 9.46 Å². The molecule has 0 aliphatic carbocycles. The fourth-order valence-corrected chi connectivity index (χ4v) is 2.56. The lowest BCUT2D eigenvalue weighted by Gasteiger charge is -2.27. The molecule has 1 aliphatic heterocycles. The van der Waals surface area contributed by atoms with Crippen LogP contribution in [0.15, 0.2) is 18.2 Å². The normalized spacial score (nSPS) is 21.6. The van der Waals surface area contributed by atoms with Crippen molar-refractivity contribution in [3.8, 4) is 5.75 Å². The molecule has 4 heteroatoms. The number of fused-ring (bicyclic) bond motifs is 1. The van der Waals surface area contributed by atoms with Crippen molar-refractivity contribution in [2.75, 3.05) is 6.16 Å². The molecule has 0 saturated carbocycles. The summed E-state index contributed by atoms with van der Waals surface area (Å²) >= 11 is 0. The van der Waals surface area contributed by atoms with Gasteiger partial charge in [-0.25, -0.2) is 0 Å². The van der Waals surface area contributed by atoms with Gasteiger partial charge in [-0.05, 0) is 31.4 Å². The van der Waals surface area contributed by atoms with Crippen molar-refractivity contribution in [2.24, 2.45) is 0 Å². The topological polar surface area (TPSA) is 49.4 Å². The maximum Gasteiger partial charge on any atom is 0.122 e. The van der Waals surface area contributed by atoms with Gasteiger partial charge >= 0.3 is 0 Å². The lowest BCUT2D eigenvalue weighted by molar-refractivity contribution is -0.165. The highest BCUT2D eigenvalue weighted by molar-refractivity contribution is 7.36. The number of benzene rings is 1. The van der Waals surface area contributed by atoms with Crippen molar-refractivity contribution in [3.63, 3.8) is 0 Å². The van der Waals surface area contributed by atoms with E-state index in [0.29, 0.717) is 0 Å². The molecule has 15 heavy (non-hydrogen) atoms. The van der Waals surface area contributed by atoms with Crippen LogP contribution in [0.3, 0.4) is 0 Å². The Labute approximate surface area is 89.9 Å². The van der Waals surface area contributed by atoms with Crippen LogP contribution in [0, 0.1) is 6.92 Å². The van der Waals surface area contributed by atoms with Gasteiger partial charge in [0.1, 0.15) is 11.9 Å². The Hall–Kier alpha value is -0.790. The summed E-state index contributed by atoms with van der Waals surface area (Å²) in [5.74, 6) is 0.847. The zero-order valence-corrected chi connectivity index (χ0v) is 9.66. The minimum atomic E-state index is -2.67. The van der Waals surface area contributed by atoms with Crippen molar-refractivity contribution in [1.29, 1.82) is 0 Å². The Morgan fingerprint density at radius 2 is 2.40 bits per heavy atom. The van der Waals surface area contributed by atoms with Crippen molar-refractivity contribution in [1.82, 2.24) is 0 Å². The van der Waals surface area contributed by atoms with E-state index in [1.54, 1.807) is 0 Å². The summed E-state index contributed by atoms with van der Waals surface area (Å²) in [6.45, 7) is 2.04. The molecule has 2 rings (SSSR count). The van der Waals surface area contributed by atoms with Crippen LogP contribution in [0.4, 0.5) is 0 Å². The van der Waals surface area contributed by atoms with E-state index >= 15 is 0 Å². The summed E-state index contributed by atoms with van der Waals surface area (Å²) in [5, 5.41) is 0. The third-order valence-electron chi connectivity index (χ3n) is 2.64. The van der Waals surface area contributed by atoms with Crippen LogP contribution >= 0.6 is 8.03 Å². The second-order valence-electron chi connectivity index (χ2n) is 3.97. The van der Waals surface area contributed by atoms with E-state index in [1.165, 1.54) is 11.1 Å². The standard InChI is InChI=1S/C11H15O3P/c1-8-2-5-11-9(6-8)3-4-10(14-11)7-15(12)13/h2,5-6,10,15H,3-4,7H2,1H3,(H,12,13)/p-1/t10-/m0/s1. The van der Waals surface area contributed by atoms with Gasteiger partial charge in [0.15, 0.2) is 0 Å². The summed E-state index contributed by atoms with van der Waals surface area (Å²) in [5.41, 5.74) is 2.41. The molecule has 0 aromatic heterocycles. The van der Waals surface area contributed by atoms with Crippen molar-refractivity contribution in [3.05, 3.63) is 29.3 Å². The number of ether oxygens (including phenoxy) is 1. The molecule has 0 radical (unpaired) electrons. The number of aryl methyl sites for hydroxylation is 2. The zero-order valence-electron chi connectivity index (χ0n) is 8.66. The molecule has 1 heterocycles. The van der Waals surface area contributed by atoms with Gasteiger partial charge < -0.3 is 14.2 Å². The second kappa shape index (κ2) is 4.38. The summed E-state index contributed by atoms with van der Waals surface area (Å²) in [6, 6.07) is 6.02. The van der Waals surface area contributed by atoms with Crippen LogP contribution in [0.25, 0.3) is 0 Å². The van der Waals surface area contributed by atoms with E-state index in [-0.39, 0.29) is 12.3 Å². The van der Waals surface area contributed by atoms with Crippen LogP contribution in [0.1, 0.15) is 17.5 Å². The summed E-state index contributed by atoms with van der Waals surface area (Å²) < 4.78 is 16.3. The first-order valence-corrected chi connectivity index (χ1v) is 6.63. The lowest BCUT2D eigenvalue weighted by atomic mass is 10.0. The van der Waals surface area contributed by atoms with E-state index in [2.05, 4.69) is 6.07 Å². The predicted octanol–water partition coefficient (Wildman–Crippen LogP) is 1.52. The molecule has 1 aliphatic rings. The minimum Gasteiger partial charge on any atom is -0.801 e. The largest absolute Gasteiger partial charge is 0.801 e. The molecule has 1 unspecified atom stereocenters. The molecule has 1 aromatic carbocycles. The Balaban J connectivity index is 2.13. The fourth-order valence-electron chi connectivity index (χ4n) is 1.90. The van der Waals surface area contributed by atoms with E-state index < -0.39 is 8.03 Å². The third kappa shape index (κ3) is 2.61. The molecular formula is C11H14O3P-. The SMILES string of the molecule is Cc1ccc2c(c1)CC[C@@H](C[PH](=O)[O-])O2. The van der Waals surface area contributed by atoms with Gasteiger partial charge in [-0.2, -0.15) is 0 Å². The average molecular weight is 225 g/mol. The van der Waals surface area contributed by atoms with Crippen LogP contribution in [0.5, 0.6) is 5.75 Å². The summed E-state index contributed by atoms with van der Waals surface area (Å²) in [4.78, 5) is 10.6. The number of hydrogen-bond acceptors (Lipinski definition) is 3. The Bertz CT molecular complexity index is 389. The van der Waals surface area contributed by atoms with Crippen molar-refractivity contribution >= 4 is 8.03 Å². The third-order valence-corrected chi connectivity index (χ3v) is 3.43. The number of hydrogen-bond donors (Lipinski definition) is 0. The van der Waals surface area contributed by atoms with Gasteiger partial charge in [0.2, 0.25) is 0 Å². The van der Waals surface area contributed by atoms with Gasteiger partial charge in [-0.1, -0.05) is 17.7 Å². The smallest absolute Gasteiger partial charge is 0.122 e. The molecule has 82 valence electrons. The van der Waals surface area contributed by atoms with Crippen molar-refractivity contribution < 1.29 is 14.2 Å². The maximum absolute atomic E-state index is 10.6. The summed E-state index contributed by atoms with van der Waals surface area (Å²) in [7, 11) is -2.67. The maximum atomic E-state index is 10.6. The molecule has 0 spiro atoms. The Kier molecular flexibility index (Phi) is 3.13. The van der Waals surface area contributed by atoms with Gasteiger partial charge in [-0.3, -0.25) is 0 Å². The monoisotopic (exact) mass is 225 g/mol. The highest BCUT2D eigenvalue weighted by Crippen LogP contribution is 2.30. The van der Waals surface area contributed by atoms with Gasteiger partial charge in [0.25, 0.3) is 0 Å². The first-order chi connectivity index (χ1) is 7.15. The van der Waals surface area contributed by atoms with Gasteiger partial charge in [-0.15, -0.1) is 0 Å². The first-order valence-electron chi connectivity index (χ1n) is 5.11. The highest BCUT2D eigenvalue weighted by Gasteiger charge is 2.19. The number of rotatable bonds is 2. The molecule has 0 saturated heterocycles. The molecule has 3 nitrogen and oxygen atoms in total. The predicted molar refractivity (Wildman–Crippen MR) is 57.8 cm³/mol. The van der Waals surface area contributed by atoms with E-state index in [1.807, 2.05) is 19.1 Å². The molecule has 0 N–H and O–H groups in total. The molecule has 0 fully saturated rings. The van der Waals surface area contributed by atoms with Crippen LogP contribution in [0.2, 0.25) is 0 Å². The zero-order chi connectivity index (χ0) is 10.8.